The highest BCUT2D eigenvalue weighted by molar-refractivity contribution is 5.90. The maximum absolute atomic E-state index is 14.7. The number of hydrogen-bond acceptors (Lipinski definition) is 4. The number of halogens is 2. The highest BCUT2D eigenvalue weighted by Gasteiger charge is 2.31. The molecule has 1 aromatic rings. The van der Waals surface area contributed by atoms with Crippen molar-refractivity contribution in [2.75, 3.05) is 20.2 Å². The first kappa shape index (κ1) is 19.1. The molecular formula is C18H23F2NO4. The minimum atomic E-state index is -1.06. The summed E-state index contributed by atoms with van der Waals surface area (Å²) in [6, 6.07) is 2.37. The van der Waals surface area contributed by atoms with E-state index in [4.69, 9.17) is 4.74 Å². The Bertz CT molecular complexity index is 670. The molecule has 1 unspecified atom stereocenters. The van der Waals surface area contributed by atoms with Crippen LogP contribution in [0.5, 0.6) is 0 Å². The Kier molecular flexibility index (Phi) is 5.65. The van der Waals surface area contributed by atoms with Crippen LogP contribution in [0.3, 0.4) is 0 Å². The first-order valence-corrected chi connectivity index (χ1v) is 8.18. The summed E-state index contributed by atoms with van der Waals surface area (Å²) in [6.07, 6.45) is 0.824. The van der Waals surface area contributed by atoms with Gasteiger partial charge in [-0.3, -0.25) is 0 Å². The highest BCUT2D eigenvalue weighted by atomic mass is 19.1. The van der Waals surface area contributed by atoms with Crippen molar-refractivity contribution >= 4 is 12.1 Å². The standard InChI is InChI=1S/C18H23F2NO4/c1-18(2,3)25-17(23)21-9-5-6-11(10-21)12-7-8-13(19)14(15(12)20)16(22)24-4/h7-8,11H,5-6,9-10H2,1-4H3. The van der Waals surface area contributed by atoms with Crippen molar-refractivity contribution in [3.05, 3.63) is 34.9 Å². The van der Waals surface area contributed by atoms with Crippen LogP contribution in [0, 0.1) is 11.6 Å². The molecule has 0 aliphatic carbocycles. The average molecular weight is 355 g/mol. The molecule has 0 bridgehead atoms. The van der Waals surface area contributed by atoms with Crippen LogP contribution in [0.25, 0.3) is 0 Å². The van der Waals surface area contributed by atoms with Gasteiger partial charge in [0.2, 0.25) is 0 Å². The van der Waals surface area contributed by atoms with Gasteiger partial charge in [-0.2, -0.15) is 0 Å². The quantitative estimate of drug-likeness (QED) is 0.756. The van der Waals surface area contributed by atoms with Crippen LogP contribution in [0.15, 0.2) is 12.1 Å². The molecule has 0 spiro atoms. The third kappa shape index (κ3) is 4.46. The number of piperidine rings is 1. The molecule has 7 heteroatoms. The molecule has 1 fully saturated rings. The summed E-state index contributed by atoms with van der Waals surface area (Å²) in [5.41, 5.74) is -1.12. The lowest BCUT2D eigenvalue weighted by Crippen LogP contribution is -2.42. The van der Waals surface area contributed by atoms with E-state index < -0.39 is 34.9 Å². The Morgan fingerprint density at radius 1 is 1.24 bits per heavy atom. The smallest absolute Gasteiger partial charge is 0.410 e. The number of benzene rings is 1. The SMILES string of the molecule is COC(=O)c1c(F)ccc(C2CCCN(C(=O)OC(C)(C)C)C2)c1F. The second kappa shape index (κ2) is 7.37. The van der Waals surface area contributed by atoms with Gasteiger partial charge in [0.15, 0.2) is 0 Å². The van der Waals surface area contributed by atoms with Gasteiger partial charge in [-0.05, 0) is 45.2 Å². The lowest BCUT2D eigenvalue weighted by atomic mass is 9.89. The zero-order chi connectivity index (χ0) is 18.8. The van der Waals surface area contributed by atoms with E-state index in [1.54, 1.807) is 20.8 Å². The van der Waals surface area contributed by atoms with E-state index in [1.807, 2.05) is 0 Å². The van der Waals surface area contributed by atoms with Crippen molar-refractivity contribution in [3.63, 3.8) is 0 Å². The normalized spacial score (nSPS) is 18.0. The van der Waals surface area contributed by atoms with Crippen molar-refractivity contribution in [2.45, 2.75) is 45.1 Å². The topological polar surface area (TPSA) is 55.8 Å². The van der Waals surface area contributed by atoms with Crippen LogP contribution in [-0.4, -0.2) is 42.8 Å². The Hall–Kier alpha value is -2.18. The second-order valence-corrected chi connectivity index (χ2v) is 7.08. The van der Waals surface area contributed by atoms with Gasteiger partial charge in [0.1, 0.15) is 22.8 Å². The fraction of sp³-hybridized carbons (Fsp3) is 0.556. The number of rotatable bonds is 2. The van der Waals surface area contributed by atoms with E-state index in [2.05, 4.69) is 4.74 Å². The van der Waals surface area contributed by atoms with Crippen LogP contribution in [0.2, 0.25) is 0 Å². The fourth-order valence-corrected chi connectivity index (χ4v) is 2.90. The van der Waals surface area contributed by atoms with Gasteiger partial charge in [0, 0.05) is 19.0 Å². The van der Waals surface area contributed by atoms with Gasteiger partial charge in [-0.25, -0.2) is 18.4 Å². The Labute approximate surface area is 145 Å². The number of methoxy groups -OCH3 is 1. The summed E-state index contributed by atoms with van der Waals surface area (Å²) in [4.78, 5) is 25.4. The van der Waals surface area contributed by atoms with E-state index in [9.17, 15) is 18.4 Å². The van der Waals surface area contributed by atoms with Crippen molar-refractivity contribution in [3.8, 4) is 0 Å². The first-order chi connectivity index (χ1) is 11.6. The van der Waals surface area contributed by atoms with Crippen LogP contribution in [-0.2, 0) is 9.47 Å². The molecule has 1 amide bonds. The van der Waals surface area contributed by atoms with Crippen molar-refractivity contribution in [1.82, 2.24) is 4.90 Å². The van der Waals surface area contributed by atoms with E-state index in [0.717, 1.165) is 13.2 Å². The molecule has 5 nitrogen and oxygen atoms in total. The van der Waals surface area contributed by atoms with Gasteiger partial charge in [-0.15, -0.1) is 0 Å². The minimum absolute atomic E-state index is 0.204. The molecule has 1 atom stereocenters. The molecule has 1 aliphatic heterocycles. The molecule has 0 N–H and O–H groups in total. The molecule has 0 saturated carbocycles. The summed E-state index contributed by atoms with van der Waals surface area (Å²) >= 11 is 0. The van der Waals surface area contributed by atoms with Crippen LogP contribution < -0.4 is 0 Å². The number of carbonyl (C=O) groups is 2. The average Bonchev–Trinajstić information content (AvgIpc) is 2.53. The summed E-state index contributed by atoms with van der Waals surface area (Å²) in [5.74, 6) is -3.29. The minimum Gasteiger partial charge on any atom is -0.465 e. The third-order valence-electron chi connectivity index (χ3n) is 4.02. The van der Waals surface area contributed by atoms with Crippen molar-refractivity contribution < 1.29 is 27.8 Å². The first-order valence-electron chi connectivity index (χ1n) is 8.18. The van der Waals surface area contributed by atoms with E-state index in [1.165, 1.54) is 11.0 Å². The zero-order valence-corrected chi connectivity index (χ0v) is 14.9. The van der Waals surface area contributed by atoms with E-state index in [0.29, 0.717) is 19.4 Å². The van der Waals surface area contributed by atoms with Crippen LogP contribution in [0.1, 0.15) is 55.5 Å². The predicted octanol–water partition coefficient (Wildman–Crippen LogP) is 3.87. The zero-order valence-electron chi connectivity index (χ0n) is 14.9. The Morgan fingerprint density at radius 2 is 1.92 bits per heavy atom. The number of ether oxygens (including phenoxy) is 2. The van der Waals surface area contributed by atoms with E-state index in [-0.39, 0.29) is 18.0 Å². The molecule has 2 rings (SSSR count). The second-order valence-electron chi connectivity index (χ2n) is 7.08. The number of esters is 1. The fourth-order valence-electron chi connectivity index (χ4n) is 2.90. The van der Waals surface area contributed by atoms with Gasteiger partial charge in [-0.1, -0.05) is 6.07 Å². The number of hydrogen-bond donors (Lipinski definition) is 0. The molecule has 0 radical (unpaired) electrons. The van der Waals surface area contributed by atoms with Gasteiger partial charge in [0.25, 0.3) is 0 Å². The number of amides is 1. The van der Waals surface area contributed by atoms with Crippen molar-refractivity contribution in [1.29, 1.82) is 0 Å². The monoisotopic (exact) mass is 355 g/mol. The molecule has 1 heterocycles. The maximum atomic E-state index is 14.7. The van der Waals surface area contributed by atoms with Crippen molar-refractivity contribution in [2.24, 2.45) is 0 Å². The maximum Gasteiger partial charge on any atom is 0.410 e. The number of likely N-dealkylation sites (tertiary alicyclic amines) is 1. The number of carbonyl (C=O) groups excluding carboxylic acids is 2. The van der Waals surface area contributed by atoms with Gasteiger partial charge >= 0.3 is 12.1 Å². The van der Waals surface area contributed by atoms with Gasteiger partial charge < -0.3 is 14.4 Å². The van der Waals surface area contributed by atoms with Gasteiger partial charge in [0.05, 0.1) is 7.11 Å². The van der Waals surface area contributed by atoms with E-state index >= 15 is 0 Å². The molecule has 0 aromatic heterocycles. The summed E-state index contributed by atoms with van der Waals surface area (Å²) in [5, 5.41) is 0. The predicted molar refractivity (Wildman–Crippen MR) is 87.5 cm³/mol. The van der Waals surface area contributed by atoms with Crippen LogP contribution in [0.4, 0.5) is 13.6 Å². The Morgan fingerprint density at radius 3 is 2.52 bits per heavy atom. The number of nitrogens with zero attached hydrogens (tertiary/aromatic N) is 1. The molecule has 25 heavy (non-hydrogen) atoms. The third-order valence-corrected chi connectivity index (χ3v) is 4.02. The molecule has 1 aromatic carbocycles. The Balaban J connectivity index is 2.24. The molecule has 1 aliphatic rings. The summed E-state index contributed by atoms with van der Waals surface area (Å²) in [6.45, 7) is 6.08. The highest BCUT2D eigenvalue weighted by Crippen LogP contribution is 2.31. The molecule has 138 valence electrons. The molecular weight excluding hydrogens is 332 g/mol. The molecule has 1 saturated heterocycles. The summed E-state index contributed by atoms with van der Waals surface area (Å²) in [7, 11) is 1.07. The lowest BCUT2D eigenvalue weighted by Gasteiger charge is -2.34. The van der Waals surface area contributed by atoms with Crippen LogP contribution >= 0.6 is 0 Å². The largest absolute Gasteiger partial charge is 0.465 e. The lowest BCUT2D eigenvalue weighted by molar-refractivity contribution is 0.0196. The summed E-state index contributed by atoms with van der Waals surface area (Å²) < 4.78 is 38.3.